The average Bonchev–Trinajstić information content (AvgIpc) is 3.64. The van der Waals surface area contributed by atoms with Crippen LogP contribution in [0.3, 0.4) is 0 Å². The summed E-state index contributed by atoms with van der Waals surface area (Å²) in [7, 11) is 0. The molecule has 10 heteroatoms. The molecule has 0 unspecified atom stereocenters. The molecule has 2 atom stereocenters. The maximum atomic E-state index is 15.3. The van der Waals surface area contributed by atoms with Crippen LogP contribution >= 0.6 is 12.4 Å². The van der Waals surface area contributed by atoms with Crippen LogP contribution < -0.4 is 21.4 Å². The van der Waals surface area contributed by atoms with E-state index in [1.54, 1.807) is 10.6 Å². The quantitative estimate of drug-likeness (QED) is 0.401. The van der Waals surface area contributed by atoms with Gasteiger partial charge in [0.2, 0.25) is 11.3 Å². The molecular weight excluding hydrogens is 511 g/mol. The first kappa shape index (κ1) is 27.6. The molecule has 0 radical (unpaired) electrons. The summed E-state index contributed by atoms with van der Waals surface area (Å²) in [4.78, 5) is 38.9. The standard InChI is InChI=1S/C28H31FN4O4.ClH/c1-28(15-31-26(35)22(30)11-17-5-3-2-4-6-17)9-10-32(16-28)24-13-23-19(12-21(24)29)25(34)20(27(36)37)14-33(23)18-7-8-18;/h2-6,12-14,18,22H,7-11,15-16,30H2,1H3,(H,31,35)(H,36,37);1H/t22-,28-;/m0./s1. The Hall–Kier alpha value is -3.43. The van der Waals surface area contributed by atoms with Crippen LogP contribution in [-0.2, 0) is 11.2 Å². The molecule has 2 heterocycles. The highest BCUT2D eigenvalue weighted by Crippen LogP contribution is 2.39. The number of anilines is 1. The zero-order valence-electron chi connectivity index (χ0n) is 21.2. The van der Waals surface area contributed by atoms with Crippen LogP contribution in [-0.4, -0.2) is 47.2 Å². The SMILES string of the molecule is C[C@@]1(CNC(=O)[C@@H](N)Cc2ccccc2)CCN(c2cc3c(cc2F)c(=O)c(C(=O)O)cn3C2CC2)C1.Cl. The summed E-state index contributed by atoms with van der Waals surface area (Å²) in [6, 6.07) is 11.9. The van der Waals surface area contributed by atoms with Gasteiger partial charge in [-0.25, -0.2) is 9.18 Å². The lowest BCUT2D eigenvalue weighted by molar-refractivity contribution is -0.122. The van der Waals surface area contributed by atoms with Crippen molar-refractivity contribution in [3.8, 4) is 0 Å². The van der Waals surface area contributed by atoms with Gasteiger partial charge in [-0.1, -0.05) is 37.3 Å². The Morgan fingerprint density at radius 2 is 1.95 bits per heavy atom. The molecule has 202 valence electrons. The second kappa shape index (κ2) is 10.7. The summed E-state index contributed by atoms with van der Waals surface area (Å²) >= 11 is 0. The smallest absolute Gasteiger partial charge is 0.341 e. The molecule has 1 aromatic heterocycles. The Morgan fingerprint density at radius 1 is 1.24 bits per heavy atom. The van der Waals surface area contributed by atoms with Crippen LogP contribution in [0.1, 0.15) is 48.1 Å². The zero-order valence-corrected chi connectivity index (χ0v) is 22.0. The molecule has 1 amide bonds. The molecule has 1 aliphatic heterocycles. The summed E-state index contributed by atoms with van der Waals surface area (Å²) in [6.07, 6.45) is 4.35. The Labute approximate surface area is 226 Å². The molecular formula is C28H32ClFN4O4. The number of carboxylic acids is 1. The maximum absolute atomic E-state index is 15.3. The van der Waals surface area contributed by atoms with Gasteiger partial charge in [0.15, 0.2) is 0 Å². The van der Waals surface area contributed by atoms with Crippen LogP contribution in [0.5, 0.6) is 0 Å². The van der Waals surface area contributed by atoms with Crippen molar-refractivity contribution in [3.05, 3.63) is 75.8 Å². The van der Waals surface area contributed by atoms with Crippen LogP contribution in [0.2, 0.25) is 0 Å². The van der Waals surface area contributed by atoms with Gasteiger partial charge in [-0.15, -0.1) is 12.4 Å². The largest absolute Gasteiger partial charge is 0.477 e. The number of nitrogens with two attached hydrogens (primary N) is 1. The Balaban J connectivity index is 0.00000336. The van der Waals surface area contributed by atoms with E-state index in [1.807, 2.05) is 42.2 Å². The van der Waals surface area contributed by atoms with Crippen LogP contribution in [0.4, 0.5) is 10.1 Å². The normalized spacial score (nSPS) is 19.7. The summed E-state index contributed by atoms with van der Waals surface area (Å²) < 4.78 is 17.1. The molecule has 3 aromatic rings. The molecule has 5 rings (SSSR count). The van der Waals surface area contributed by atoms with Gasteiger partial charge in [-0.2, -0.15) is 0 Å². The highest BCUT2D eigenvalue weighted by atomic mass is 35.5. The van der Waals surface area contributed by atoms with E-state index < -0.39 is 23.3 Å². The fourth-order valence-electron chi connectivity index (χ4n) is 5.17. The number of carbonyl (C=O) groups is 2. The number of hydrogen-bond acceptors (Lipinski definition) is 5. The lowest BCUT2D eigenvalue weighted by Gasteiger charge is -2.27. The van der Waals surface area contributed by atoms with E-state index in [4.69, 9.17) is 5.73 Å². The second-order valence-corrected chi connectivity index (χ2v) is 10.6. The molecule has 0 spiro atoms. The van der Waals surface area contributed by atoms with E-state index in [-0.39, 0.29) is 40.7 Å². The van der Waals surface area contributed by atoms with E-state index in [1.165, 1.54) is 12.3 Å². The number of hydrogen-bond donors (Lipinski definition) is 3. The predicted molar refractivity (Wildman–Crippen MR) is 147 cm³/mol. The Kier molecular flexibility index (Phi) is 7.80. The van der Waals surface area contributed by atoms with Gasteiger partial charge in [0.25, 0.3) is 0 Å². The van der Waals surface area contributed by atoms with Crippen molar-refractivity contribution in [2.24, 2.45) is 11.1 Å². The molecule has 0 bridgehead atoms. The molecule has 8 nitrogen and oxygen atoms in total. The lowest BCUT2D eigenvalue weighted by Crippen LogP contribution is -2.46. The Morgan fingerprint density at radius 3 is 2.61 bits per heavy atom. The van der Waals surface area contributed by atoms with Crippen molar-refractivity contribution >= 4 is 40.9 Å². The number of aromatic carboxylic acids is 1. The third-order valence-corrected chi connectivity index (χ3v) is 7.49. The molecule has 1 saturated heterocycles. The summed E-state index contributed by atoms with van der Waals surface area (Å²) in [6.45, 7) is 3.57. The van der Waals surface area contributed by atoms with Gasteiger partial charge in [0, 0.05) is 42.7 Å². The second-order valence-electron chi connectivity index (χ2n) is 10.6. The molecule has 1 saturated carbocycles. The molecule has 38 heavy (non-hydrogen) atoms. The predicted octanol–water partition coefficient (Wildman–Crippen LogP) is 3.50. The van der Waals surface area contributed by atoms with E-state index >= 15 is 4.39 Å². The number of nitrogens with zero attached hydrogens (tertiary/aromatic N) is 2. The summed E-state index contributed by atoms with van der Waals surface area (Å²) in [5, 5.41) is 12.5. The van der Waals surface area contributed by atoms with Gasteiger partial charge in [-0.05, 0) is 43.4 Å². The average molecular weight is 543 g/mol. The van der Waals surface area contributed by atoms with Gasteiger partial charge in [0.05, 0.1) is 17.2 Å². The first-order valence-corrected chi connectivity index (χ1v) is 12.6. The third-order valence-electron chi connectivity index (χ3n) is 7.49. The van der Waals surface area contributed by atoms with E-state index in [0.717, 1.165) is 24.8 Å². The molecule has 2 aliphatic rings. The number of carboxylic acid groups (broad SMARTS) is 1. The molecule has 2 aromatic carbocycles. The number of rotatable bonds is 8. The first-order valence-electron chi connectivity index (χ1n) is 12.6. The number of nitrogens with one attached hydrogen (secondary N) is 1. The number of aromatic nitrogens is 1. The number of halogens is 2. The van der Waals surface area contributed by atoms with Crippen LogP contribution in [0.25, 0.3) is 10.9 Å². The first-order chi connectivity index (χ1) is 17.6. The van der Waals surface area contributed by atoms with Gasteiger partial charge < -0.3 is 25.6 Å². The summed E-state index contributed by atoms with van der Waals surface area (Å²) in [5.74, 6) is -2.10. The number of carbonyl (C=O) groups excluding carboxylic acids is 1. The molecule has 1 aliphatic carbocycles. The van der Waals surface area contributed by atoms with E-state index in [0.29, 0.717) is 37.3 Å². The van der Waals surface area contributed by atoms with Gasteiger partial charge in [-0.3, -0.25) is 9.59 Å². The van der Waals surface area contributed by atoms with Crippen LogP contribution in [0, 0.1) is 11.2 Å². The van der Waals surface area contributed by atoms with E-state index in [2.05, 4.69) is 5.32 Å². The van der Waals surface area contributed by atoms with Crippen molar-refractivity contribution in [1.82, 2.24) is 9.88 Å². The van der Waals surface area contributed by atoms with Crippen molar-refractivity contribution in [2.45, 2.75) is 44.7 Å². The number of fused-ring (bicyclic) bond motifs is 1. The highest BCUT2D eigenvalue weighted by Gasteiger charge is 2.36. The fourth-order valence-corrected chi connectivity index (χ4v) is 5.17. The third kappa shape index (κ3) is 5.54. The monoisotopic (exact) mass is 542 g/mol. The highest BCUT2D eigenvalue weighted by molar-refractivity contribution is 5.93. The van der Waals surface area contributed by atoms with Crippen LogP contribution in [0.15, 0.2) is 53.5 Å². The zero-order chi connectivity index (χ0) is 26.3. The maximum Gasteiger partial charge on any atom is 0.341 e. The van der Waals surface area contributed by atoms with Crippen molar-refractivity contribution in [2.75, 3.05) is 24.5 Å². The van der Waals surface area contributed by atoms with Crippen molar-refractivity contribution in [3.63, 3.8) is 0 Å². The lowest BCUT2D eigenvalue weighted by atomic mass is 9.89. The minimum atomic E-state index is -1.31. The number of benzene rings is 2. The summed E-state index contributed by atoms with van der Waals surface area (Å²) in [5.41, 5.74) is 6.73. The molecule has 2 fully saturated rings. The Bertz CT molecular complexity index is 1430. The van der Waals surface area contributed by atoms with Crippen molar-refractivity contribution < 1.29 is 19.1 Å². The fraction of sp³-hybridized carbons (Fsp3) is 0.393. The number of pyridine rings is 1. The number of amides is 1. The van der Waals surface area contributed by atoms with Gasteiger partial charge in [0.1, 0.15) is 11.4 Å². The van der Waals surface area contributed by atoms with Crippen molar-refractivity contribution in [1.29, 1.82) is 0 Å². The van der Waals surface area contributed by atoms with Gasteiger partial charge >= 0.3 is 5.97 Å². The minimum absolute atomic E-state index is 0. The topological polar surface area (TPSA) is 118 Å². The van der Waals surface area contributed by atoms with E-state index in [9.17, 15) is 19.5 Å². The minimum Gasteiger partial charge on any atom is -0.477 e. The molecule has 4 N–H and O–H groups in total.